The number of carbonyl (C=O) groups is 1. The van der Waals surface area contributed by atoms with Crippen LogP contribution in [0.4, 0.5) is 0 Å². The molecule has 4 nitrogen and oxygen atoms in total. The first-order valence-electron chi connectivity index (χ1n) is 11.2. The normalized spacial score (nSPS) is 37.4. The lowest BCUT2D eigenvalue weighted by molar-refractivity contribution is -0.125. The number of ether oxygens (including phenoxy) is 2. The van der Waals surface area contributed by atoms with Crippen molar-refractivity contribution in [2.75, 3.05) is 7.11 Å². The highest BCUT2D eigenvalue weighted by molar-refractivity contribution is 6.74. The molecule has 2 heterocycles. The van der Waals surface area contributed by atoms with Gasteiger partial charge in [-0.05, 0) is 63.7 Å². The molecule has 1 saturated heterocycles. The highest BCUT2D eigenvalue weighted by atomic mass is 28.4. The molecule has 0 aromatic heterocycles. The molecule has 1 fully saturated rings. The molecule has 0 N–H and O–H groups in total. The highest BCUT2D eigenvalue weighted by Gasteiger charge is 2.56. The molecule has 0 radical (unpaired) electrons. The van der Waals surface area contributed by atoms with Gasteiger partial charge < -0.3 is 13.9 Å². The maximum absolute atomic E-state index is 12.6. The lowest BCUT2D eigenvalue weighted by Crippen LogP contribution is -2.50. The molecule has 0 aromatic rings. The number of hydrogen-bond donors (Lipinski definition) is 0. The van der Waals surface area contributed by atoms with E-state index in [1.54, 1.807) is 14.0 Å². The van der Waals surface area contributed by atoms with Crippen LogP contribution in [-0.2, 0) is 18.7 Å². The van der Waals surface area contributed by atoms with Crippen LogP contribution in [0.2, 0.25) is 18.1 Å². The number of fused-ring (bicyclic) bond motifs is 5. The van der Waals surface area contributed by atoms with Crippen LogP contribution < -0.4 is 0 Å². The van der Waals surface area contributed by atoms with Crippen molar-refractivity contribution in [1.82, 2.24) is 0 Å². The number of carbonyl (C=O) groups excluding carboxylic acids is 1. The quantitative estimate of drug-likeness (QED) is 0.436. The molecule has 3 rings (SSSR count). The van der Waals surface area contributed by atoms with Gasteiger partial charge in [-0.15, -0.1) is 0 Å². The first-order valence-corrected chi connectivity index (χ1v) is 14.1. The van der Waals surface area contributed by atoms with Gasteiger partial charge in [-0.25, -0.2) is 0 Å². The van der Waals surface area contributed by atoms with Crippen molar-refractivity contribution >= 4 is 14.1 Å². The summed E-state index contributed by atoms with van der Waals surface area (Å²) in [7, 11) is -0.217. The number of allylic oxidation sites excluding steroid dienone is 2. The number of Topliss-reactive ketones (excluding diaryl/α,β-unsaturated/α-hetero) is 1. The zero-order valence-corrected chi connectivity index (χ0v) is 20.6. The van der Waals surface area contributed by atoms with E-state index < -0.39 is 8.32 Å². The van der Waals surface area contributed by atoms with Crippen LogP contribution in [0.1, 0.15) is 60.3 Å². The first-order chi connectivity index (χ1) is 13.5. The fourth-order valence-electron chi connectivity index (χ4n) is 5.12. The van der Waals surface area contributed by atoms with Crippen LogP contribution >= 0.6 is 0 Å². The molecule has 2 bridgehead atoms. The fraction of sp³-hybridized carbons (Fsp3) is 0.792. The van der Waals surface area contributed by atoms with Gasteiger partial charge in [-0.2, -0.15) is 0 Å². The predicted molar refractivity (Wildman–Crippen MR) is 119 cm³/mol. The van der Waals surface area contributed by atoms with Crippen LogP contribution in [0.25, 0.3) is 0 Å². The largest absolute Gasteiger partial charge is 0.501 e. The fourth-order valence-corrected chi connectivity index (χ4v) is 6.49. The van der Waals surface area contributed by atoms with Crippen molar-refractivity contribution in [3.63, 3.8) is 0 Å². The van der Waals surface area contributed by atoms with Gasteiger partial charge in [0.1, 0.15) is 5.78 Å². The van der Waals surface area contributed by atoms with Gasteiger partial charge in [-0.3, -0.25) is 4.79 Å². The number of rotatable bonds is 4. The maximum atomic E-state index is 12.6. The number of ketones is 1. The molecule has 164 valence electrons. The van der Waals surface area contributed by atoms with E-state index in [9.17, 15) is 4.79 Å². The van der Waals surface area contributed by atoms with Gasteiger partial charge in [0, 0.05) is 17.8 Å². The Balaban J connectivity index is 2.02. The zero-order valence-electron chi connectivity index (χ0n) is 19.6. The summed E-state index contributed by atoms with van der Waals surface area (Å²) in [6.07, 6.45) is 8.10. The Morgan fingerprint density at radius 1 is 1.24 bits per heavy atom. The minimum Gasteiger partial charge on any atom is -0.501 e. The Morgan fingerprint density at radius 2 is 1.93 bits per heavy atom. The van der Waals surface area contributed by atoms with Crippen LogP contribution in [0.5, 0.6) is 0 Å². The molecule has 1 aliphatic carbocycles. The Morgan fingerprint density at radius 3 is 2.52 bits per heavy atom. The molecular weight excluding hydrogens is 380 g/mol. The molecule has 29 heavy (non-hydrogen) atoms. The van der Waals surface area contributed by atoms with Crippen molar-refractivity contribution in [2.45, 2.75) is 96.7 Å². The zero-order chi connectivity index (χ0) is 21.6. The van der Waals surface area contributed by atoms with E-state index in [0.717, 1.165) is 31.4 Å². The van der Waals surface area contributed by atoms with Crippen molar-refractivity contribution in [2.24, 2.45) is 17.8 Å². The monoisotopic (exact) mass is 420 g/mol. The van der Waals surface area contributed by atoms with E-state index in [1.165, 1.54) is 5.57 Å². The molecule has 0 unspecified atom stereocenters. The molecule has 0 spiro atoms. The van der Waals surface area contributed by atoms with Gasteiger partial charge in [-0.1, -0.05) is 32.4 Å². The summed E-state index contributed by atoms with van der Waals surface area (Å²) in [6.45, 7) is 15.4. The summed E-state index contributed by atoms with van der Waals surface area (Å²) in [4.78, 5) is 12.6. The topological polar surface area (TPSA) is 44.8 Å². The predicted octanol–water partition coefficient (Wildman–Crippen LogP) is 5.65. The molecule has 0 saturated carbocycles. The Kier molecular flexibility index (Phi) is 6.53. The lowest BCUT2D eigenvalue weighted by atomic mass is 9.68. The first kappa shape index (κ1) is 22.8. The minimum atomic E-state index is -1.97. The van der Waals surface area contributed by atoms with Crippen LogP contribution in [0.15, 0.2) is 23.5 Å². The molecule has 0 amide bonds. The number of hydrogen-bond acceptors (Lipinski definition) is 4. The third-order valence-electron chi connectivity index (χ3n) is 7.74. The second-order valence-electron chi connectivity index (χ2n) is 10.8. The third kappa shape index (κ3) is 4.42. The lowest BCUT2D eigenvalue weighted by Gasteiger charge is -2.43. The molecule has 2 aliphatic heterocycles. The van der Waals surface area contributed by atoms with Crippen molar-refractivity contribution in [3.8, 4) is 0 Å². The Labute approximate surface area is 178 Å². The number of methoxy groups -OCH3 is 1. The van der Waals surface area contributed by atoms with Gasteiger partial charge in [0.2, 0.25) is 0 Å². The van der Waals surface area contributed by atoms with E-state index in [4.69, 9.17) is 13.9 Å². The summed E-state index contributed by atoms with van der Waals surface area (Å²) in [5.74, 6) is 1.52. The van der Waals surface area contributed by atoms with Gasteiger partial charge >= 0.3 is 0 Å². The van der Waals surface area contributed by atoms with Gasteiger partial charge in [0.25, 0.3) is 0 Å². The second-order valence-corrected chi connectivity index (χ2v) is 15.5. The summed E-state index contributed by atoms with van der Waals surface area (Å²) in [5, 5.41) is 0.138. The molecule has 0 aromatic carbocycles. The summed E-state index contributed by atoms with van der Waals surface area (Å²) in [6, 6.07) is 0. The molecule has 3 aliphatic rings. The van der Waals surface area contributed by atoms with Crippen LogP contribution in [0, 0.1) is 17.8 Å². The van der Waals surface area contributed by atoms with E-state index in [-0.39, 0.29) is 46.9 Å². The Hall–Kier alpha value is -0.913. The van der Waals surface area contributed by atoms with Crippen molar-refractivity contribution in [3.05, 3.63) is 23.5 Å². The molecular formula is C24H40O4Si. The third-order valence-corrected chi connectivity index (χ3v) is 12.2. The Bertz CT molecular complexity index is 687. The average molecular weight is 421 g/mol. The molecule has 5 heteroatoms. The van der Waals surface area contributed by atoms with Gasteiger partial charge in [0.05, 0.1) is 31.2 Å². The summed E-state index contributed by atoms with van der Waals surface area (Å²) >= 11 is 0. The maximum Gasteiger partial charge on any atom is 0.192 e. The standard InChI is InChI=1S/C24H40O4Si/c1-15-10-9-11-19(28-29(7,8)24(3,4)5)23-21-17(16(2)25)12-13-18(26-6)22(21)20(14-15)27-23/h10,13,17,19-23H,9,11-12,14H2,1-8H3/b15-10-/t17-,19-,20-,21-,22-,23+/m1/s1. The summed E-state index contributed by atoms with van der Waals surface area (Å²) < 4.78 is 19.5. The minimum absolute atomic E-state index is 0.0110. The second kappa shape index (κ2) is 8.31. The molecule has 6 atom stereocenters. The highest BCUT2D eigenvalue weighted by Crippen LogP contribution is 2.51. The van der Waals surface area contributed by atoms with E-state index in [0.29, 0.717) is 0 Å². The van der Waals surface area contributed by atoms with E-state index in [2.05, 4.69) is 52.9 Å². The SMILES string of the molecule is COC1=CC[C@H](C(C)=O)[C@H]2[C@H]3O[C@H](C/C(C)=C\CC[C@H]3O[Si](C)(C)C(C)(C)C)[C@@H]12. The van der Waals surface area contributed by atoms with E-state index in [1.807, 2.05) is 0 Å². The van der Waals surface area contributed by atoms with Crippen molar-refractivity contribution < 1.29 is 18.7 Å². The van der Waals surface area contributed by atoms with Gasteiger partial charge in [0.15, 0.2) is 8.32 Å². The average Bonchev–Trinajstić information content (AvgIpc) is 3.00. The van der Waals surface area contributed by atoms with Crippen LogP contribution in [-0.4, -0.2) is 39.5 Å². The smallest absolute Gasteiger partial charge is 0.192 e. The van der Waals surface area contributed by atoms with Crippen LogP contribution in [0.3, 0.4) is 0 Å². The van der Waals surface area contributed by atoms with Crippen molar-refractivity contribution in [1.29, 1.82) is 0 Å². The van der Waals surface area contributed by atoms with E-state index >= 15 is 0 Å². The summed E-state index contributed by atoms with van der Waals surface area (Å²) in [5.41, 5.74) is 1.36.